The third kappa shape index (κ3) is 6.97. The quantitative estimate of drug-likeness (QED) is 0.290. The minimum atomic E-state index is -0.986. The largest absolute Gasteiger partial charge is 0.477 e. The second kappa shape index (κ2) is 12.3. The van der Waals surface area contributed by atoms with Gasteiger partial charge in [0.25, 0.3) is 0 Å². The number of amides is 2. The Morgan fingerprint density at radius 1 is 0.912 bits per heavy atom. The molecule has 0 aliphatic heterocycles. The molecule has 3 N–H and O–H groups in total. The van der Waals surface area contributed by atoms with Crippen LogP contribution in [0.4, 0.5) is 10.5 Å². The zero-order valence-electron chi connectivity index (χ0n) is 19.6. The number of anilines is 1. The number of aliphatic carboxylic acids is 1. The first-order valence-electron chi connectivity index (χ1n) is 11.4. The first-order chi connectivity index (χ1) is 16.5. The topological polar surface area (TPSA) is 81.7 Å². The number of benzene rings is 3. The van der Waals surface area contributed by atoms with E-state index in [-0.39, 0.29) is 11.7 Å². The molecule has 0 aliphatic rings. The van der Waals surface area contributed by atoms with Crippen molar-refractivity contribution in [2.24, 2.45) is 0 Å². The minimum Gasteiger partial charge on any atom is -0.477 e. The maximum absolute atomic E-state index is 12.6. The number of rotatable bonds is 10. The van der Waals surface area contributed by atoms with Crippen LogP contribution in [0.5, 0.6) is 0 Å². The lowest BCUT2D eigenvalue weighted by atomic mass is 10.0. The summed E-state index contributed by atoms with van der Waals surface area (Å²) >= 11 is 0. The van der Waals surface area contributed by atoms with E-state index in [1.54, 1.807) is 18.0 Å². The summed E-state index contributed by atoms with van der Waals surface area (Å²) in [7, 11) is 1.76. The highest BCUT2D eigenvalue weighted by atomic mass is 16.4. The standard InChI is InChI=1S/C28H31N3O3/c1-3-29-26(27(32)33)19-22-14-16-23(17-15-22)24-12-7-13-25(20-24)31(2)28(34)30-18-8-11-21-9-5-4-6-10-21/h4-7,9-10,12-17,19-20,29H,3,8,11,18H2,1-2H3,(H,30,34)(H,32,33)/b26-19-. The first kappa shape index (κ1) is 24.6. The van der Waals surface area contributed by atoms with Crippen molar-refractivity contribution in [2.45, 2.75) is 19.8 Å². The van der Waals surface area contributed by atoms with Crippen LogP contribution in [0.15, 0.2) is 84.6 Å². The highest BCUT2D eigenvalue weighted by Gasteiger charge is 2.11. The molecule has 0 aliphatic carbocycles. The van der Waals surface area contributed by atoms with Gasteiger partial charge in [0.05, 0.1) is 0 Å². The maximum Gasteiger partial charge on any atom is 0.351 e. The van der Waals surface area contributed by atoms with Gasteiger partial charge in [-0.05, 0) is 60.2 Å². The number of nitrogens with one attached hydrogen (secondary N) is 2. The molecule has 3 aromatic rings. The molecule has 0 fully saturated rings. The molecule has 0 spiro atoms. The van der Waals surface area contributed by atoms with Gasteiger partial charge in [0.1, 0.15) is 5.70 Å². The SMILES string of the molecule is CCN/C(=C\c1ccc(-c2cccc(N(C)C(=O)NCCCc3ccccc3)c2)cc1)C(=O)O. The fraction of sp³-hybridized carbons (Fsp3) is 0.214. The number of hydrogen-bond acceptors (Lipinski definition) is 3. The number of carboxylic acids is 1. The summed E-state index contributed by atoms with van der Waals surface area (Å²) in [5.41, 5.74) is 4.97. The number of likely N-dealkylation sites (N-methyl/N-ethyl adjacent to an activating group) is 1. The zero-order chi connectivity index (χ0) is 24.3. The smallest absolute Gasteiger partial charge is 0.351 e. The molecule has 2 amide bonds. The van der Waals surface area contributed by atoms with Gasteiger partial charge in [-0.25, -0.2) is 9.59 Å². The lowest BCUT2D eigenvalue weighted by Crippen LogP contribution is -2.37. The van der Waals surface area contributed by atoms with E-state index in [1.807, 2.05) is 73.7 Å². The fourth-order valence-corrected chi connectivity index (χ4v) is 3.58. The highest BCUT2D eigenvalue weighted by Crippen LogP contribution is 2.25. The predicted octanol–water partition coefficient (Wildman–Crippen LogP) is 5.17. The fourth-order valence-electron chi connectivity index (χ4n) is 3.58. The van der Waals surface area contributed by atoms with Gasteiger partial charge in [-0.2, -0.15) is 0 Å². The molecule has 176 valence electrons. The number of hydrogen-bond donors (Lipinski definition) is 3. The van der Waals surface area contributed by atoms with Gasteiger partial charge in [0.2, 0.25) is 0 Å². The van der Waals surface area contributed by atoms with Gasteiger partial charge in [-0.1, -0.05) is 66.7 Å². The van der Waals surface area contributed by atoms with Crippen molar-refractivity contribution >= 4 is 23.8 Å². The van der Waals surface area contributed by atoms with Gasteiger partial charge < -0.3 is 15.7 Å². The van der Waals surface area contributed by atoms with Crippen molar-refractivity contribution in [1.29, 1.82) is 0 Å². The number of nitrogens with zero attached hydrogens (tertiary/aromatic N) is 1. The van der Waals surface area contributed by atoms with E-state index >= 15 is 0 Å². The Morgan fingerprint density at radius 3 is 2.32 bits per heavy atom. The minimum absolute atomic E-state index is 0.143. The van der Waals surface area contributed by atoms with Crippen LogP contribution in [0, 0.1) is 0 Å². The van der Waals surface area contributed by atoms with E-state index in [4.69, 9.17) is 0 Å². The van der Waals surface area contributed by atoms with Crippen molar-refractivity contribution in [3.63, 3.8) is 0 Å². The van der Waals surface area contributed by atoms with Crippen molar-refractivity contribution in [3.8, 4) is 11.1 Å². The van der Waals surface area contributed by atoms with E-state index in [9.17, 15) is 14.7 Å². The molecule has 0 saturated heterocycles. The van der Waals surface area contributed by atoms with Crippen LogP contribution in [0.25, 0.3) is 17.2 Å². The highest BCUT2D eigenvalue weighted by molar-refractivity contribution is 5.92. The second-order valence-electron chi connectivity index (χ2n) is 7.95. The van der Waals surface area contributed by atoms with Crippen LogP contribution < -0.4 is 15.5 Å². The van der Waals surface area contributed by atoms with Crippen LogP contribution in [-0.4, -0.2) is 37.2 Å². The molecular weight excluding hydrogens is 426 g/mol. The molecule has 0 saturated carbocycles. The third-order valence-corrected chi connectivity index (χ3v) is 5.45. The molecular formula is C28H31N3O3. The number of urea groups is 1. The van der Waals surface area contributed by atoms with Gasteiger partial charge >= 0.3 is 12.0 Å². The second-order valence-corrected chi connectivity index (χ2v) is 7.95. The molecule has 0 radical (unpaired) electrons. The number of carbonyl (C=O) groups is 2. The predicted molar refractivity (Wildman–Crippen MR) is 138 cm³/mol. The van der Waals surface area contributed by atoms with Gasteiger partial charge in [-0.15, -0.1) is 0 Å². The molecule has 0 unspecified atom stereocenters. The first-order valence-corrected chi connectivity index (χ1v) is 11.4. The Labute approximate surface area is 200 Å². The Balaban J connectivity index is 1.61. The molecule has 6 nitrogen and oxygen atoms in total. The Morgan fingerprint density at radius 2 is 1.65 bits per heavy atom. The Kier molecular flexibility index (Phi) is 8.86. The van der Waals surface area contributed by atoms with Crippen molar-refractivity contribution in [2.75, 3.05) is 25.0 Å². The molecule has 34 heavy (non-hydrogen) atoms. The Bertz CT molecular complexity index is 1130. The number of carbonyl (C=O) groups excluding carboxylic acids is 1. The van der Waals surface area contributed by atoms with Crippen LogP contribution in [-0.2, 0) is 11.2 Å². The molecule has 0 heterocycles. The lowest BCUT2D eigenvalue weighted by Gasteiger charge is -2.19. The van der Waals surface area contributed by atoms with Gasteiger partial charge in [0, 0.05) is 25.8 Å². The van der Waals surface area contributed by atoms with E-state index in [0.29, 0.717) is 13.1 Å². The summed E-state index contributed by atoms with van der Waals surface area (Å²) in [6.07, 6.45) is 3.41. The summed E-state index contributed by atoms with van der Waals surface area (Å²) in [6, 6.07) is 25.5. The molecule has 0 bridgehead atoms. The summed E-state index contributed by atoms with van der Waals surface area (Å²) in [4.78, 5) is 25.5. The van der Waals surface area contributed by atoms with Crippen molar-refractivity contribution in [3.05, 3.63) is 95.7 Å². The summed E-state index contributed by atoms with van der Waals surface area (Å²) in [6.45, 7) is 3.00. The molecule has 3 rings (SSSR count). The van der Waals surface area contributed by atoms with E-state index < -0.39 is 5.97 Å². The van der Waals surface area contributed by atoms with Crippen LogP contribution in [0.2, 0.25) is 0 Å². The summed E-state index contributed by atoms with van der Waals surface area (Å²) < 4.78 is 0. The van der Waals surface area contributed by atoms with E-state index in [1.165, 1.54) is 5.56 Å². The molecule has 6 heteroatoms. The van der Waals surface area contributed by atoms with E-state index in [2.05, 4.69) is 22.8 Å². The number of carboxylic acid groups (broad SMARTS) is 1. The molecule has 3 aromatic carbocycles. The van der Waals surface area contributed by atoms with Crippen LogP contribution in [0.1, 0.15) is 24.5 Å². The number of aryl methyl sites for hydroxylation is 1. The Hall–Kier alpha value is -4.06. The van der Waals surface area contributed by atoms with Gasteiger partial charge in [-0.3, -0.25) is 4.90 Å². The van der Waals surface area contributed by atoms with Crippen LogP contribution in [0.3, 0.4) is 0 Å². The average Bonchev–Trinajstić information content (AvgIpc) is 2.87. The monoisotopic (exact) mass is 457 g/mol. The van der Waals surface area contributed by atoms with Crippen LogP contribution >= 0.6 is 0 Å². The summed E-state index contributed by atoms with van der Waals surface area (Å²) in [5.74, 6) is -0.986. The summed E-state index contributed by atoms with van der Waals surface area (Å²) in [5, 5.41) is 15.1. The molecule has 0 atom stereocenters. The van der Waals surface area contributed by atoms with Crippen molar-refractivity contribution in [1.82, 2.24) is 10.6 Å². The maximum atomic E-state index is 12.6. The third-order valence-electron chi connectivity index (χ3n) is 5.45. The zero-order valence-corrected chi connectivity index (χ0v) is 19.6. The average molecular weight is 458 g/mol. The normalized spacial score (nSPS) is 11.1. The van der Waals surface area contributed by atoms with Crippen molar-refractivity contribution < 1.29 is 14.7 Å². The lowest BCUT2D eigenvalue weighted by molar-refractivity contribution is -0.132. The van der Waals surface area contributed by atoms with Gasteiger partial charge in [0.15, 0.2) is 0 Å². The van der Waals surface area contributed by atoms with E-state index in [0.717, 1.165) is 35.2 Å². The molecule has 0 aromatic heterocycles.